The van der Waals surface area contributed by atoms with E-state index in [9.17, 15) is 9.59 Å². The molecule has 2 heterocycles. The van der Waals surface area contributed by atoms with E-state index in [0.717, 1.165) is 56.6 Å². The zero-order valence-electron chi connectivity index (χ0n) is 18.4. The van der Waals surface area contributed by atoms with Crippen LogP contribution in [-0.4, -0.2) is 40.8 Å². The van der Waals surface area contributed by atoms with Crippen molar-refractivity contribution in [2.24, 2.45) is 5.92 Å². The molecule has 0 spiro atoms. The Morgan fingerprint density at radius 1 is 1.03 bits per heavy atom. The lowest BCUT2D eigenvalue weighted by Crippen LogP contribution is -2.44. The first-order valence-corrected chi connectivity index (χ1v) is 12.0. The van der Waals surface area contributed by atoms with E-state index < -0.39 is 0 Å². The smallest absolute Gasteiger partial charge is 0.258 e. The highest BCUT2D eigenvalue weighted by molar-refractivity contribution is 6.33. The Morgan fingerprint density at radius 3 is 2.56 bits per heavy atom. The summed E-state index contributed by atoms with van der Waals surface area (Å²) in [7, 11) is 0. The van der Waals surface area contributed by atoms with Gasteiger partial charge in [-0.25, -0.2) is 4.98 Å². The summed E-state index contributed by atoms with van der Waals surface area (Å²) < 4.78 is 0. The van der Waals surface area contributed by atoms with E-state index in [4.69, 9.17) is 11.6 Å². The fourth-order valence-electron chi connectivity index (χ4n) is 4.68. The number of likely N-dealkylation sites (tertiary alicyclic amines) is 1. The lowest BCUT2D eigenvalue weighted by molar-refractivity contribution is -0.127. The highest BCUT2D eigenvalue weighted by Crippen LogP contribution is 2.23. The van der Waals surface area contributed by atoms with Crippen LogP contribution in [0.1, 0.15) is 60.9 Å². The molecule has 1 aromatic carbocycles. The van der Waals surface area contributed by atoms with Gasteiger partial charge in [-0.05, 0) is 68.6 Å². The van der Waals surface area contributed by atoms with Crippen molar-refractivity contribution in [1.82, 2.24) is 15.2 Å². The average molecular weight is 455 g/mol. The van der Waals surface area contributed by atoms with Crippen molar-refractivity contribution in [1.29, 1.82) is 0 Å². The Balaban J connectivity index is 1.27. The third-order valence-electron chi connectivity index (χ3n) is 6.50. The van der Waals surface area contributed by atoms with E-state index in [1.807, 2.05) is 18.2 Å². The van der Waals surface area contributed by atoms with Crippen molar-refractivity contribution in [2.75, 3.05) is 18.4 Å². The van der Waals surface area contributed by atoms with Crippen molar-refractivity contribution < 1.29 is 9.59 Å². The van der Waals surface area contributed by atoms with Crippen LogP contribution in [0.3, 0.4) is 0 Å². The van der Waals surface area contributed by atoms with Crippen LogP contribution in [0.4, 0.5) is 5.69 Å². The van der Waals surface area contributed by atoms with E-state index in [2.05, 4.69) is 26.6 Å². The number of amides is 2. The number of piperidine rings is 1. The molecule has 6 nitrogen and oxygen atoms in total. The topological polar surface area (TPSA) is 74.3 Å². The van der Waals surface area contributed by atoms with Crippen LogP contribution in [-0.2, 0) is 11.3 Å². The molecule has 32 heavy (non-hydrogen) atoms. The minimum absolute atomic E-state index is 0.128. The first-order chi connectivity index (χ1) is 15.6. The first kappa shape index (κ1) is 22.7. The zero-order chi connectivity index (χ0) is 22.3. The van der Waals surface area contributed by atoms with Gasteiger partial charge in [-0.15, -0.1) is 0 Å². The Morgan fingerprint density at radius 2 is 1.81 bits per heavy atom. The lowest BCUT2D eigenvalue weighted by atomic mass is 9.92. The van der Waals surface area contributed by atoms with Crippen molar-refractivity contribution >= 4 is 29.1 Å². The van der Waals surface area contributed by atoms with Gasteiger partial charge in [-0.2, -0.15) is 0 Å². The summed E-state index contributed by atoms with van der Waals surface area (Å²) in [5, 5.41) is 6.38. The minimum atomic E-state index is -0.273. The Bertz CT molecular complexity index is 937. The van der Waals surface area contributed by atoms with E-state index in [1.165, 1.54) is 19.3 Å². The van der Waals surface area contributed by atoms with Gasteiger partial charge in [0, 0.05) is 30.4 Å². The molecule has 0 radical (unpaired) electrons. The Labute approximate surface area is 194 Å². The third kappa shape index (κ3) is 6.08. The lowest BCUT2D eigenvalue weighted by Gasteiger charge is -2.32. The number of aromatic nitrogens is 1. The molecule has 1 aliphatic heterocycles. The molecule has 4 rings (SSSR count). The standard InChI is InChI=1S/C25H31ClN4O2/c26-23-22(10-5-13-27-23)25(32)29-21-9-4-6-18(16-21)17-30-14-11-19(12-15-30)24(31)28-20-7-2-1-3-8-20/h4-6,9-10,13,16,19-20H,1-3,7-8,11-12,14-15,17H2,(H,28,31)(H,29,32). The maximum Gasteiger partial charge on any atom is 0.258 e. The maximum atomic E-state index is 12.6. The maximum absolute atomic E-state index is 12.6. The van der Waals surface area contributed by atoms with Gasteiger partial charge in [0.05, 0.1) is 5.56 Å². The zero-order valence-corrected chi connectivity index (χ0v) is 19.1. The molecule has 0 atom stereocenters. The summed E-state index contributed by atoms with van der Waals surface area (Å²) in [6, 6.07) is 11.6. The van der Waals surface area contributed by atoms with Crippen LogP contribution in [0.2, 0.25) is 5.15 Å². The number of nitrogens with zero attached hydrogens (tertiary/aromatic N) is 2. The Kier molecular flexibility index (Phi) is 7.76. The number of benzene rings is 1. The van der Waals surface area contributed by atoms with Gasteiger partial charge < -0.3 is 10.6 Å². The van der Waals surface area contributed by atoms with Gasteiger partial charge in [-0.1, -0.05) is 43.0 Å². The number of pyridine rings is 1. The predicted octanol–water partition coefficient (Wildman–Crippen LogP) is 4.65. The number of nitrogens with one attached hydrogen (secondary N) is 2. The first-order valence-electron chi connectivity index (χ1n) is 11.6. The molecule has 2 fully saturated rings. The number of rotatable bonds is 6. The average Bonchev–Trinajstić information content (AvgIpc) is 2.81. The van der Waals surface area contributed by atoms with Crippen molar-refractivity contribution in [2.45, 2.75) is 57.5 Å². The summed E-state index contributed by atoms with van der Waals surface area (Å²) in [4.78, 5) is 31.5. The largest absolute Gasteiger partial charge is 0.353 e. The van der Waals surface area contributed by atoms with Crippen LogP contribution in [0.25, 0.3) is 0 Å². The molecule has 0 bridgehead atoms. The van der Waals surface area contributed by atoms with E-state index in [-0.39, 0.29) is 22.9 Å². The van der Waals surface area contributed by atoms with Crippen molar-refractivity contribution in [3.05, 3.63) is 58.9 Å². The molecule has 1 aliphatic carbocycles. The highest BCUT2D eigenvalue weighted by atomic mass is 35.5. The minimum Gasteiger partial charge on any atom is -0.353 e. The van der Waals surface area contributed by atoms with Gasteiger partial charge in [0.1, 0.15) is 5.15 Å². The number of hydrogen-bond acceptors (Lipinski definition) is 4. The van der Waals surface area contributed by atoms with E-state index in [0.29, 0.717) is 11.6 Å². The number of hydrogen-bond donors (Lipinski definition) is 2. The van der Waals surface area contributed by atoms with Crippen LogP contribution in [0.15, 0.2) is 42.6 Å². The molecule has 2 aromatic rings. The summed E-state index contributed by atoms with van der Waals surface area (Å²) in [6.07, 6.45) is 9.38. The van der Waals surface area contributed by atoms with Crippen molar-refractivity contribution in [3.63, 3.8) is 0 Å². The summed E-state index contributed by atoms with van der Waals surface area (Å²) in [6.45, 7) is 2.61. The monoisotopic (exact) mass is 454 g/mol. The third-order valence-corrected chi connectivity index (χ3v) is 6.81. The van der Waals surface area contributed by atoms with Gasteiger partial charge in [0.25, 0.3) is 5.91 Å². The van der Waals surface area contributed by atoms with Gasteiger partial charge in [0.15, 0.2) is 0 Å². The van der Waals surface area contributed by atoms with Gasteiger partial charge in [-0.3, -0.25) is 14.5 Å². The number of anilines is 1. The molecular formula is C25H31ClN4O2. The second-order valence-corrected chi connectivity index (χ2v) is 9.25. The molecule has 1 saturated heterocycles. The van der Waals surface area contributed by atoms with Crippen molar-refractivity contribution in [3.8, 4) is 0 Å². The number of carbonyl (C=O) groups is 2. The summed E-state index contributed by atoms with van der Waals surface area (Å²) in [5.74, 6) is 0.100. The number of halogens is 1. The second-order valence-electron chi connectivity index (χ2n) is 8.89. The van der Waals surface area contributed by atoms with Crippen LogP contribution >= 0.6 is 11.6 Å². The summed E-state index contributed by atoms with van der Waals surface area (Å²) in [5.41, 5.74) is 2.22. The molecule has 2 aliphatic rings. The number of carbonyl (C=O) groups excluding carboxylic acids is 2. The normalized spacial score (nSPS) is 18.3. The van der Waals surface area contributed by atoms with Crippen LogP contribution in [0.5, 0.6) is 0 Å². The molecule has 1 saturated carbocycles. The van der Waals surface area contributed by atoms with E-state index >= 15 is 0 Å². The molecule has 170 valence electrons. The predicted molar refractivity (Wildman–Crippen MR) is 127 cm³/mol. The molecule has 0 unspecified atom stereocenters. The van der Waals surface area contributed by atoms with Gasteiger partial charge >= 0.3 is 0 Å². The molecule has 1 aromatic heterocycles. The second kappa shape index (κ2) is 10.9. The Hall–Kier alpha value is -2.44. The molecule has 7 heteroatoms. The molecular weight excluding hydrogens is 424 g/mol. The molecule has 2 N–H and O–H groups in total. The van der Waals surface area contributed by atoms with Crippen LogP contribution in [0, 0.1) is 5.92 Å². The SMILES string of the molecule is O=C(Nc1cccc(CN2CCC(C(=O)NC3CCCCC3)CC2)c1)c1cccnc1Cl. The highest BCUT2D eigenvalue weighted by Gasteiger charge is 2.27. The van der Waals surface area contributed by atoms with Gasteiger partial charge in [0.2, 0.25) is 5.91 Å². The molecule has 2 amide bonds. The quantitative estimate of drug-likeness (QED) is 0.623. The van der Waals surface area contributed by atoms with Crippen LogP contribution < -0.4 is 10.6 Å². The van der Waals surface area contributed by atoms with E-state index in [1.54, 1.807) is 18.3 Å². The fraction of sp³-hybridized carbons (Fsp3) is 0.480. The fourth-order valence-corrected chi connectivity index (χ4v) is 4.88. The summed E-state index contributed by atoms with van der Waals surface area (Å²) >= 11 is 6.03.